The number of aromatic carboxylic acids is 1. The number of nitrogens with one attached hydrogen (secondary N) is 1. The van der Waals surface area contributed by atoms with Crippen LogP contribution in [-0.4, -0.2) is 35.0 Å². The number of hydrogen-bond acceptors (Lipinski definition) is 3. The Balaban J connectivity index is 2.42. The van der Waals surface area contributed by atoms with Gasteiger partial charge in [0, 0.05) is 6.54 Å². The first-order valence-electron chi connectivity index (χ1n) is 6.30. The summed E-state index contributed by atoms with van der Waals surface area (Å²) in [5, 5.41) is 11.8. The highest BCUT2D eigenvalue weighted by molar-refractivity contribution is 7.99. The molecule has 0 aliphatic carbocycles. The van der Waals surface area contributed by atoms with Crippen LogP contribution >= 0.6 is 11.8 Å². The number of rotatable bonds is 8. The SMILES string of the molecule is CCSCCCNC(=O)Cc1ccccc1C(=O)O. The summed E-state index contributed by atoms with van der Waals surface area (Å²) in [6.07, 6.45) is 1.05. The van der Waals surface area contributed by atoms with Gasteiger partial charge < -0.3 is 10.4 Å². The first kappa shape index (κ1) is 15.6. The minimum Gasteiger partial charge on any atom is -0.478 e. The maximum atomic E-state index is 11.7. The Morgan fingerprint density at radius 1 is 1.32 bits per heavy atom. The summed E-state index contributed by atoms with van der Waals surface area (Å²) in [7, 11) is 0. The Morgan fingerprint density at radius 3 is 2.74 bits per heavy atom. The second-order valence-electron chi connectivity index (χ2n) is 4.04. The van der Waals surface area contributed by atoms with Gasteiger partial charge in [0.15, 0.2) is 0 Å². The molecule has 0 atom stereocenters. The van der Waals surface area contributed by atoms with E-state index in [-0.39, 0.29) is 17.9 Å². The maximum Gasteiger partial charge on any atom is 0.335 e. The Kier molecular flexibility index (Phi) is 7.03. The predicted molar refractivity (Wildman–Crippen MR) is 77.7 cm³/mol. The largest absolute Gasteiger partial charge is 0.478 e. The molecule has 0 heterocycles. The van der Waals surface area contributed by atoms with Crippen LogP contribution in [0.5, 0.6) is 0 Å². The van der Waals surface area contributed by atoms with Crippen LogP contribution in [0.1, 0.15) is 29.3 Å². The fourth-order valence-electron chi connectivity index (χ4n) is 1.66. The molecule has 0 fully saturated rings. The number of hydrogen-bond donors (Lipinski definition) is 2. The molecule has 1 aromatic rings. The van der Waals surface area contributed by atoms with E-state index in [2.05, 4.69) is 12.2 Å². The fraction of sp³-hybridized carbons (Fsp3) is 0.429. The topological polar surface area (TPSA) is 66.4 Å². The Labute approximate surface area is 117 Å². The van der Waals surface area contributed by atoms with Gasteiger partial charge in [0.05, 0.1) is 12.0 Å². The van der Waals surface area contributed by atoms with E-state index < -0.39 is 5.97 Å². The normalized spacial score (nSPS) is 10.2. The Bertz CT molecular complexity index is 434. The van der Waals surface area contributed by atoms with Gasteiger partial charge in [-0.3, -0.25) is 4.79 Å². The van der Waals surface area contributed by atoms with E-state index in [0.717, 1.165) is 17.9 Å². The van der Waals surface area contributed by atoms with Gasteiger partial charge >= 0.3 is 5.97 Å². The highest BCUT2D eigenvalue weighted by Gasteiger charge is 2.11. The van der Waals surface area contributed by atoms with Crippen LogP contribution in [0.15, 0.2) is 24.3 Å². The fourth-order valence-corrected chi connectivity index (χ4v) is 2.30. The minimum atomic E-state index is -0.997. The van der Waals surface area contributed by atoms with Gasteiger partial charge in [-0.15, -0.1) is 0 Å². The molecular formula is C14H19NO3S. The molecular weight excluding hydrogens is 262 g/mol. The molecule has 2 N–H and O–H groups in total. The third kappa shape index (κ3) is 5.79. The van der Waals surface area contributed by atoms with Crippen LogP contribution in [0.4, 0.5) is 0 Å². The lowest BCUT2D eigenvalue weighted by Gasteiger charge is -2.07. The summed E-state index contributed by atoms with van der Waals surface area (Å²) >= 11 is 1.84. The van der Waals surface area contributed by atoms with Crippen LogP contribution in [0.2, 0.25) is 0 Å². The van der Waals surface area contributed by atoms with Crippen LogP contribution in [-0.2, 0) is 11.2 Å². The van der Waals surface area contributed by atoms with Crippen molar-refractivity contribution in [2.24, 2.45) is 0 Å². The van der Waals surface area contributed by atoms with Crippen LogP contribution in [0.25, 0.3) is 0 Å². The predicted octanol–water partition coefficient (Wildman–Crippen LogP) is 2.19. The van der Waals surface area contributed by atoms with Gasteiger partial charge in [0.1, 0.15) is 0 Å². The quantitative estimate of drug-likeness (QED) is 0.717. The number of carbonyl (C=O) groups excluding carboxylic acids is 1. The number of benzene rings is 1. The Morgan fingerprint density at radius 2 is 2.05 bits per heavy atom. The summed E-state index contributed by atoms with van der Waals surface area (Å²) in [4.78, 5) is 22.7. The van der Waals surface area contributed by atoms with Gasteiger partial charge in [-0.2, -0.15) is 11.8 Å². The molecule has 0 aliphatic heterocycles. The number of carboxylic acids is 1. The monoisotopic (exact) mass is 281 g/mol. The van der Waals surface area contributed by atoms with E-state index in [1.165, 1.54) is 6.07 Å². The molecule has 0 spiro atoms. The molecule has 0 radical (unpaired) electrons. The summed E-state index contributed by atoms with van der Waals surface area (Å²) in [6.45, 7) is 2.74. The van der Waals surface area contributed by atoms with Crippen molar-refractivity contribution in [3.63, 3.8) is 0 Å². The van der Waals surface area contributed by atoms with Crippen LogP contribution in [0.3, 0.4) is 0 Å². The van der Waals surface area contributed by atoms with Gasteiger partial charge in [-0.25, -0.2) is 4.79 Å². The second kappa shape index (κ2) is 8.58. The van der Waals surface area contributed by atoms with Gasteiger partial charge in [-0.05, 0) is 29.6 Å². The average Bonchev–Trinajstić information content (AvgIpc) is 2.39. The molecule has 1 aromatic carbocycles. The lowest BCUT2D eigenvalue weighted by molar-refractivity contribution is -0.120. The van der Waals surface area contributed by atoms with Crippen molar-refractivity contribution >= 4 is 23.6 Å². The molecule has 0 saturated heterocycles. The third-order valence-electron chi connectivity index (χ3n) is 2.59. The Hall–Kier alpha value is -1.49. The molecule has 104 valence electrons. The molecule has 5 heteroatoms. The molecule has 0 unspecified atom stereocenters. The molecule has 19 heavy (non-hydrogen) atoms. The van der Waals surface area contributed by atoms with Crippen molar-refractivity contribution in [2.75, 3.05) is 18.1 Å². The lowest BCUT2D eigenvalue weighted by atomic mass is 10.0. The summed E-state index contributed by atoms with van der Waals surface area (Å²) in [5.41, 5.74) is 0.745. The minimum absolute atomic E-state index is 0.114. The average molecular weight is 281 g/mol. The highest BCUT2D eigenvalue weighted by Crippen LogP contribution is 2.09. The summed E-state index contributed by atoms with van der Waals surface area (Å²) in [6, 6.07) is 6.60. The summed E-state index contributed by atoms with van der Waals surface area (Å²) in [5.74, 6) is 0.987. The maximum absolute atomic E-state index is 11.7. The van der Waals surface area contributed by atoms with Crippen molar-refractivity contribution in [1.29, 1.82) is 0 Å². The van der Waals surface area contributed by atoms with Crippen molar-refractivity contribution in [2.45, 2.75) is 19.8 Å². The summed E-state index contributed by atoms with van der Waals surface area (Å²) < 4.78 is 0. The first-order chi connectivity index (χ1) is 9.15. The van der Waals surface area contributed by atoms with E-state index in [1.54, 1.807) is 18.2 Å². The number of thioether (sulfide) groups is 1. The molecule has 0 aromatic heterocycles. The number of carboxylic acid groups (broad SMARTS) is 1. The van der Waals surface area contributed by atoms with Crippen molar-refractivity contribution in [1.82, 2.24) is 5.32 Å². The van der Waals surface area contributed by atoms with Crippen LogP contribution < -0.4 is 5.32 Å². The smallest absolute Gasteiger partial charge is 0.335 e. The lowest BCUT2D eigenvalue weighted by Crippen LogP contribution is -2.27. The van der Waals surface area contributed by atoms with E-state index in [1.807, 2.05) is 11.8 Å². The zero-order valence-corrected chi connectivity index (χ0v) is 11.8. The third-order valence-corrected chi connectivity index (χ3v) is 3.58. The van der Waals surface area contributed by atoms with Gasteiger partial charge in [0.2, 0.25) is 5.91 Å². The van der Waals surface area contributed by atoms with Crippen molar-refractivity contribution in [3.8, 4) is 0 Å². The number of amides is 1. The van der Waals surface area contributed by atoms with E-state index >= 15 is 0 Å². The van der Waals surface area contributed by atoms with Crippen molar-refractivity contribution in [3.05, 3.63) is 35.4 Å². The first-order valence-corrected chi connectivity index (χ1v) is 7.46. The molecule has 0 aliphatic rings. The van der Waals surface area contributed by atoms with Gasteiger partial charge in [-0.1, -0.05) is 25.1 Å². The zero-order chi connectivity index (χ0) is 14.1. The van der Waals surface area contributed by atoms with Crippen molar-refractivity contribution < 1.29 is 14.7 Å². The molecule has 0 saturated carbocycles. The molecule has 4 nitrogen and oxygen atoms in total. The van der Waals surface area contributed by atoms with E-state index in [0.29, 0.717) is 12.1 Å². The standard InChI is InChI=1S/C14H19NO3S/c1-2-19-9-5-8-15-13(16)10-11-6-3-4-7-12(11)14(17)18/h3-4,6-7H,2,5,8-10H2,1H3,(H,15,16)(H,17,18). The highest BCUT2D eigenvalue weighted by atomic mass is 32.2. The van der Waals surface area contributed by atoms with Gasteiger partial charge in [0.25, 0.3) is 0 Å². The zero-order valence-electron chi connectivity index (χ0n) is 11.0. The van der Waals surface area contributed by atoms with E-state index in [4.69, 9.17) is 5.11 Å². The molecule has 1 amide bonds. The molecule has 1 rings (SSSR count). The van der Waals surface area contributed by atoms with E-state index in [9.17, 15) is 9.59 Å². The number of carbonyl (C=O) groups is 2. The van der Waals surface area contributed by atoms with Crippen LogP contribution in [0, 0.1) is 0 Å². The molecule has 0 bridgehead atoms. The second-order valence-corrected chi connectivity index (χ2v) is 5.43.